The molecule has 17 heavy (non-hydrogen) atoms. The molecule has 1 unspecified atom stereocenters. The zero-order chi connectivity index (χ0) is 13.0. The third-order valence-electron chi connectivity index (χ3n) is 2.13. The molecule has 0 radical (unpaired) electrons. The van der Waals surface area contributed by atoms with Crippen LogP contribution in [0.15, 0.2) is 12.1 Å². The Morgan fingerprint density at radius 2 is 2.18 bits per heavy atom. The van der Waals surface area contributed by atoms with Crippen LogP contribution in [0.2, 0.25) is 0 Å². The van der Waals surface area contributed by atoms with Crippen LogP contribution in [0.1, 0.15) is 23.7 Å². The number of hydrogen-bond acceptors (Lipinski definition) is 2. The van der Waals surface area contributed by atoms with Gasteiger partial charge in [-0.25, -0.2) is 8.78 Å². The van der Waals surface area contributed by atoms with Gasteiger partial charge in [0.2, 0.25) is 0 Å². The summed E-state index contributed by atoms with van der Waals surface area (Å²) in [5, 5.41) is 2.49. The van der Waals surface area contributed by atoms with Crippen molar-refractivity contribution in [3.05, 3.63) is 29.3 Å². The van der Waals surface area contributed by atoms with Crippen LogP contribution < -0.4 is 11.1 Å². The lowest BCUT2D eigenvalue weighted by Gasteiger charge is -2.11. The third kappa shape index (κ3) is 3.18. The lowest BCUT2D eigenvalue weighted by atomic mass is 10.1. The number of hydrogen-bond donors (Lipinski definition) is 2. The molecule has 0 saturated carbocycles. The quantitative estimate of drug-likeness (QED) is 0.622. The van der Waals surface area contributed by atoms with E-state index in [2.05, 4.69) is 11.2 Å². The molecule has 0 heterocycles. The van der Waals surface area contributed by atoms with Gasteiger partial charge < -0.3 is 11.1 Å². The van der Waals surface area contributed by atoms with Gasteiger partial charge in [-0.2, -0.15) is 0 Å². The molecule has 1 aromatic carbocycles. The first-order valence-corrected chi connectivity index (χ1v) is 4.94. The SMILES string of the molecule is C#CCC(C)NC(=O)c1cc(N)c(F)cc1F. The highest BCUT2D eigenvalue weighted by Gasteiger charge is 2.16. The van der Waals surface area contributed by atoms with Gasteiger partial charge >= 0.3 is 0 Å². The number of nitrogens with one attached hydrogen (secondary N) is 1. The number of nitrogens with two attached hydrogens (primary N) is 1. The van der Waals surface area contributed by atoms with E-state index in [1.807, 2.05) is 0 Å². The van der Waals surface area contributed by atoms with E-state index < -0.39 is 17.5 Å². The molecule has 0 aliphatic carbocycles. The van der Waals surface area contributed by atoms with Gasteiger partial charge in [0.25, 0.3) is 5.91 Å². The van der Waals surface area contributed by atoms with E-state index in [1.165, 1.54) is 0 Å². The van der Waals surface area contributed by atoms with Crippen molar-refractivity contribution in [2.75, 3.05) is 5.73 Å². The maximum Gasteiger partial charge on any atom is 0.254 e. The van der Waals surface area contributed by atoms with E-state index in [9.17, 15) is 13.6 Å². The fraction of sp³-hybridized carbons (Fsp3) is 0.250. The molecule has 0 spiro atoms. The molecule has 0 bridgehead atoms. The minimum absolute atomic E-state index is 0.277. The Morgan fingerprint density at radius 3 is 2.76 bits per heavy atom. The van der Waals surface area contributed by atoms with E-state index in [4.69, 9.17) is 12.2 Å². The second-order valence-corrected chi connectivity index (χ2v) is 3.64. The molecular weight excluding hydrogens is 226 g/mol. The molecule has 3 nitrogen and oxygen atoms in total. The highest BCUT2D eigenvalue weighted by molar-refractivity contribution is 5.95. The fourth-order valence-corrected chi connectivity index (χ4v) is 1.27. The number of nitrogen functional groups attached to an aromatic ring is 1. The van der Waals surface area contributed by atoms with Crippen molar-refractivity contribution in [2.24, 2.45) is 0 Å². The first-order valence-electron chi connectivity index (χ1n) is 4.94. The van der Waals surface area contributed by atoms with Crippen molar-refractivity contribution in [1.82, 2.24) is 5.32 Å². The highest BCUT2D eigenvalue weighted by atomic mass is 19.1. The summed E-state index contributed by atoms with van der Waals surface area (Å²) in [6.45, 7) is 1.68. The van der Waals surface area contributed by atoms with Gasteiger partial charge in [0.05, 0.1) is 11.3 Å². The third-order valence-corrected chi connectivity index (χ3v) is 2.13. The van der Waals surface area contributed by atoms with E-state index in [0.29, 0.717) is 12.5 Å². The Morgan fingerprint density at radius 1 is 1.53 bits per heavy atom. The van der Waals surface area contributed by atoms with E-state index >= 15 is 0 Å². The molecule has 0 aliphatic heterocycles. The molecule has 1 rings (SSSR count). The molecule has 3 N–H and O–H groups in total. The monoisotopic (exact) mass is 238 g/mol. The Kier molecular flexibility index (Phi) is 4.05. The Balaban J connectivity index is 2.90. The van der Waals surface area contributed by atoms with Gasteiger partial charge in [-0.3, -0.25) is 4.79 Å². The van der Waals surface area contributed by atoms with Gasteiger partial charge in [0.15, 0.2) is 0 Å². The van der Waals surface area contributed by atoms with Crippen molar-refractivity contribution >= 4 is 11.6 Å². The number of carbonyl (C=O) groups is 1. The molecule has 1 aromatic rings. The van der Waals surface area contributed by atoms with Gasteiger partial charge in [0.1, 0.15) is 11.6 Å². The second-order valence-electron chi connectivity index (χ2n) is 3.64. The Hall–Kier alpha value is -2.09. The summed E-state index contributed by atoms with van der Waals surface area (Å²) in [5.74, 6) is -0.152. The average molecular weight is 238 g/mol. The maximum atomic E-state index is 13.3. The number of terminal acetylenes is 1. The highest BCUT2D eigenvalue weighted by Crippen LogP contribution is 2.16. The first-order chi connectivity index (χ1) is 7.95. The van der Waals surface area contributed by atoms with Crippen molar-refractivity contribution in [1.29, 1.82) is 0 Å². The second kappa shape index (κ2) is 5.30. The van der Waals surface area contributed by atoms with Crippen LogP contribution in [0.4, 0.5) is 14.5 Å². The van der Waals surface area contributed by atoms with Crippen LogP contribution in [-0.2, 0) is 0 Å². The number of amides is 1. The Bertz CT molecular complexity index is 480. The minimum Gasteiger partial charge on any atom is -0.396 e. The predicted octanol–water partition coefficient (Wildman–Crippen LogP) is 1.69. The largest absolute Gasteiger partial charge is 0.396 e. The molecule has 1 amide bonds. The van der Waals surface area contributed by atoms with Crippen molar-refractivity contribution in [3.63, 3.8) is 0 Å². The smallest absolute Gasteiger partial charge is 0.254 e. The zero-order valence-electron chi connectivity index (χ0n) is 9.26. The summed E-state index contributed by atoms with van der Waals surface area (Å²) in [7, 11) is 0. The summed E-state index contributed by atoms with van der Waals surface area (Å²) in [5.41, 5.74) is 4.69. The lowest BCUT2D eigenvalue weighted by Crippen LogP contribution is -2.32. The predicted molar refractivity (Wildman–Crippen MR) is 61.1 cm³/mol. The molecule has 90 valence electrons. The van der Waals surface area contributed by atoms with Crippen LogP contribution >= 0.6 is 0 Å². The topological polar surface area (TPSA) is 55.1 Å². The lowest BCUT2D eigenvalue weighted by molar-refractivity contribution is 0.0937. The number of carbonyl (C=O) groups excluding carboxylic acids is 1. The van der Waals surface area contributed by atoms with E-state index in [-0.39, 0.29) is 17.3 Å². The van der Waals surface area contributed by atoms with Crippen molar-refractivity contribution in [2.45, 2.75) is 19.4 Å². The summed E-state index contributed by atoms with van der Waals surface area (Å²) >= 11 is 0. The summed E-state index contributed by atoms with van der Waals surface area (Å²) in [4.78, 5) is 11.6. The number of anilines is 1. The first kappa shape index (κ1) is 13.0. The van der Waals surface area contributed by atoms with Gasteiger partial charge in [-0.1, -0.05) is 0 Å². The number of benzene rings is 1. The summed E-state index contributed by atoms with van der Waals surface area (Å²) in [6.07, 6.45) is 5.40. The van der Waals surface area contributed by atoms with E-state index in [1.54, 1.807) is 6.92 Å². The normalized spacial score (nSPS) is 11.6. The van der Waals surface area contributed by atoms with Crippen molar-refractivity contribution in [3.8, 4) is 12.3 Å². The molecule has 0 fully saturated rings. The molecule has 0 aliphatic rings. The van der Waals surface area contributed by atoms with Crippen LogP contribution in [0, 0.1) is 24.0 Å². The van der Waals surface area contributed by atoms with Gasteiger partial charge in [-0.05, 0) is 13.0 Å². The van der Waals surface area contributed by atoms with Crippen LogP contribution in [0.3, 0.4) is 0 Å². The van der Waals surface area contributed by atoms with Crippen LogP contribution in [-0.4, -0.2) is 11.9 Å². The molecular formula is C12H12F2N2O. The van der Waals surface area contributed by atoms with Crippen LogP contribution in [0.25, 0.3) is 0 Å². The Labute approximate surface area is 98.0 Å². The fourth-order valence-electron chi connectivity index (χ4n) is 1.27. The minimum atomic E-state index is -0.956. The van der Waals surface area contributed by atoms with Gasteiger partial charge in [-0.15, -0.1) is 12.3 Å². The van der Waals surface area contributed by atoms with Crippen LogP contribution in [0.5, 0.6) is 0 Å². The molecule has 1 atom stereocenters. The maximum absolute atomic E-state index is 13.3. The molecule has 5 heteroatoms. The number of rotatable bonds is 3. The molecule has 0 saturated heterocycles. The standard InChI is InChI=1S/C12H12F2N2O/c1-3-4-7(2)16-12(17)8-5-11(15)10(14)6-9(8)13/h1,5-7H,4,15H2,2H3,(H,16,17). The molecule has 0 aromatic heterocycles. The zero-order valence-corrected chi connectivity index (χ0v) is 9.26. The van der Waals surface area contributed by atoms with Gasteiger partial charge in [0, 0.05) is 18.5 Å². The van der Waals surface area contributed by atoms with E-state index in [0.717, 1.165) is 6.07 Å². The summed E-state index contributed by atoms with van der Waals surface area (Å²) in [6, 6.07) is 1.25. The summed E-state index contributed by atoms with van der Waals surface area (Å²) < 4.78 is 26.2. The van der Waals surface area contributed by atoms with Crippen molar-refractivity contribution < 1.29 is 13.6 Å². The number of halogens is 2. The average Bonchev–Trinajstić information content (AvgIpc) is 2.23.